The summed E-state index contributed by atoms with van der Waals surface area (Å²) >= 11 is 0. The minimum atomic E-state index is -2.22. The van der Waals surface area contributed by atoms with Crippen LogP contribution in [0.15, 0.2) is 18.2 Å². The smallest absolute Gasteiger partial charge is 0.482 e. The molecule has 320 valence electrons. The summed E-state index contributed by atoms with van der Waals surface area (Å²) in [5, 5.41) is 6.72. The molecule has 7 unspecified atom stereocenters. The van der Waals surface area contributed by atoms with E-state index in [9.17, 15) is 14.4 Å². The Hall–Kier alpha value is -2.49. The number of hydrogen-bond acceptors (Lipinski definition) is 11. The van der Waals surface area contributed by atoms with E-state index in [1.165, 1.54) is 0 Å². The first-order valence-electron chi connectivity index (χ1n) is 21.0. The molecule has 0 radical (unpaired) electrons. The highest BCUT2D eigenvalue weighted by Crippen LogP contribution is 2.65. The zero-order valence-corrected chi connectivity index (χ0v) is 38.6. The third kappa shape index (κ3) is 10.5. The topological polar surface area (TPSA) is 134 Å². The predicted molar refractivity (Wildman–Crippen MR) is 225 cm³/mol. The van der Waals surface area contributed by atoms with Crippen LogP contribution in [0.2, 0.25) is 18.1 Å². The van der Waals surface area contributed by atoms with Gasteiger partial charge >= 0.3 is 19.1 Å². The number of likely N-dealkylation sites (tertiary alicyclic amines) is 1. The second-order valence-electron chi connectivity index (χ2n) is 21.2. The molecule has 1 amide bonds. The maximum absolute atomic E-state index is 14.2. The summed E-state index contributed by atoms with van der Waals surface area (Å²) in [4.78, 5) is 42.3. The van der Waals surface area contributed by atoms with Crippen molar-refractivity contribution in [2.24, 2.45) is 17.3 Å². The van der Waals surface area contributed by atoms with Crippen molar-refractivity contribution >= 4 is 33.3 Å². The Kier molecular flexibility index (Phi) is 13.2. The lowest BCUT2D eigenvalue weighted by Crippen LogP contribution is -2.65. The molecule has 12 nitrogen and oxygen atoms in total. The molecule has 2 bridgehead atoms. The molecule has 2 heterocycles. The lowest BCUT2D eigenvalue weighted by molar-refractivity contribution is -0.199. The minimum Gasteiger partial charge on any atom is -0.496 e. The number of carbonyl (C=O) groups is 3. The van der Waals surface area contributed by atoms with Crippen LogP contribution in [0, 0.1) is 17.3 Å². The Morgan fingerprint density at radius 1 is 1.00 bits per heavy atom. The highest BCUT2D eigenvalue weighted by atomic mass is 28.4. The van der Waals surface area contributed by atoms with E-state index < -0.39 is 44.1 Å². The molecule has 2 aliphatic heterocycles. The summed E-state index contributed by atoms with van der Waals surface area (Å²) in [5.74, 6) is -0.189. The predicted octanol–water partition coefficient (Wildman–Crippen LogP) is 6.34. The first-order chi connectivity index (χ1) is 26.1. The Balaban J connectivity index is 1.36. The third-order valence-corrected chi connectivity index (χ3v) is 17.7. The summed E-state index contributed by atoms with van der Waals surface area (Å²) in [7, 11) is -1.38. The van der Waals surface area contributed by atoms with Crippen molar-refractivity contribution in [1.82, 2.24) is 15.5 Å². The molecule has 57 heavy (non-hydrogen) atoms. The molecule has 2 N–H and O–H groups in total. The Bertz CT molecular complexity index is 1640. The zero-order chi connectivity index (χ0) is 42.5. The molecular formula is C43H72BN3O9Si. The van der Waals surface area contributed by atoms with Crippen molar-refractivity contribution in [3.05, 3.63) is 29.3 Å². The van der Waals surface area contributed by atoms with Crippen LogP contribution in [-0.2, 0) is 39.2 Å². The van der Waals surface area contributed by atoms with Crippen LogP contribution >= 0.6 is 0 Å². The van der Waals surface area contributed by atoms with Crippen LogP contribution < -0.4 is 15.4 Å². The van der Waals surface area contributed by atoms with Crippen molar-refractivity contribution in [1.29, 1.82) is 0 Å². The highest BCUT2D eigenvalue weighted by molar-refractivity contribution is 6.74. The molecule has 3 aliphatic carbocycles. The molecule has 0 spiro atoms. The van der Waals surface area contributed by atoms with Gasteiger partial charge in [-0.05, 0) is 121 Å². The minimum absolute atomic E-state index is 0.0256. The fraction of sp³-hybridized carbons (Fsp3) is 0.791. The van der Waals surface area contributed by atoms with Crippen molar-refractivity contribution in [3.8, 4) is 5.75 Å². The van der Waals surface area contributed by atoms with Gasteiger partial charge in [-0.2, -0.15) is 0 Å². The van der Waals surface area contributed by atoms with Gasteiger partial charge in [-0.15, -0.1) is 0 Å². The number of hydrogen-bond donors (Lipinski definition) is 2. The first kappa shape index (κ1) is 45.6. The van der Waals surface area contributed by atoms with Gasteiger partial charge in [0, 0.05) is 19.1 Å². The quantitative estimate of drug-likeness (QED) is 0.171. The summed E-state index contributed by atoms with van der Waals surface area (Å²) in [6, 6.07) is 5.34. The van der Waals surface area contributed by atoms with Crippen LogP contribution in [0.3, 0.4) is 0 Å². The average molecular weight is 814 g/mol. The molecule has 0 aromatic heterocycles. The summed E-state index contributed by atoms with van der Waals surface area (Å²) in [5.41, 5.74) is -0.513. The number of methoxy groups -OCH3 is 1. The van der Waals surface area contributed by atoms with Crippen molar-refractivity contribution in [3.63, 3.8) is 0 Å². The summed E-state index contributed by atoms with van der Waals surface area (Å²) < 4.78 is 37.8. The maximum Gasteiger partial charge on any atom is 0.482 e. The molecule has 7 atom stereocenters. The van der Waals surface area contributed by atoms with Gasteiger partial charge in [0.2, 0.25) is 5.91 Å². The van der Waals surface area contributed by atoms with Crippen LogP contribution in [0.1, 0.15) is 118 Å². The molecule has 2 saturated heterocycles. The normalized spacial score (nSPS) is 28.2. The number of amides is 1. The van der Waals surface area contributed by atoms with E-state index >= 15 is 0 Å². The summed E-state index contributed by atoms with van der Waals surface area (Å²) in [6.45, 7) is 30.4. The molecule has 5 aliphatic rings. The average Bonchev–Trinajstić information content (AvgIpc) is 3.42. The first-order valence-corrected chi connectivity index (χ1v) is 23.9. The number of carbonyl (C=O) groups excluding carboxylic acids is 3. The lowest BCUT2D eigenvalue weighted by atomic mass is 9.43. The summed E-state index contributed by atoms with van der Waals surface area (Å²) in [6.07, 6.45) is 2.73. The van der Waals surface area contributed by atoms with E-state index in [0.717, 1.165) is 18.4 Å². The molecule has 5 fully saturated rings. The number of benzene rings is 1. The molecule has 3 saturated carbocycles. The maximum atomic E-state index is 14.2. The number of rotatable bonds is 13. The van der Waals surface area contributed by atoms with Gasteiger partial charge in [-0.1, -0.05) is 46.8 Å². The fourth-order valence-electron chi connectivity index (χ4n) is 9.08. The van der Waals surface area contributed by atoms with Gasteiger partial charge in [-0.3, -0.25) is 14.5 Å². The van der Waals surface area contributed by atoms with Gasteiger partial charge < -0.3 is 38.6 Å². The number of nitrogens with zero attached hydrogens (tertiary/aromatic N) is 1. The third-order valence-electron chi connectivity index (χ3n) is 13.2. The number of para-hydroxylation sites is 1. The molecular weight excluding hydrogens is 741 g/mol. The number of ether oxygens (including phenoxy) is 3. The van der Waals surface area contributed by atoms with Crippen LogP contribution in [-0.4, -0.2) is 112 Å². The van der Waals surface area contributed by atoms with E-state index in [1.54, 1.807) is 13.2 Å². The van der Waals surface area contributed by atoms with Gasteiger partial charge in [0.15, 0.2) is 8.32 Å². The van der Waals surface area contributed by atoms with Crippen LogP contribution in [0.4, 0.5) is 0 Å². The van der Waals surface area contributed by atoms with E-state index in [0.29, 0.717) is 49.1 Å². The van der Waals surface area contributed by atoms with Crippen LogP contribution in [0.5, 0.6) is 5.75 Å². The second-order valence-corrected chi connectivity index (χ2v) is 26.0. The van der Waals surface area contributed by atoms with E-state index in [-0.39, 0.29) is 53.7 Å². The lowest BCUT2D eigenvalue weighted by Gasteiger charge is -2.64. The largest absolute Gasteiger partial charge is 0.496 e. The molecule has 14 heteroatoms. The SMILES string of the molecule is COc1c(CC(NC(=O)CN2CCC(NCC(=O)OC(C)(C)C)C(O[Si](C)(C)C(C)(C)C)C2)B2OC3CC4CC(C4(C)C)C3(C)O2)cccc1C(=O)OC(C)(C)C. The van der Waals surface area contributed by atoms with Crippen LogP contribution in [0.25, 0.3) is 0 Å². The fourth-order valence-corrected chi connectivity index (χ4v) is 10.4. The molecule has 6 rings (SSSR count). The number of nitrogens with one attached hydrogen (secondary N) is 2. The number of piperidine rings is 1. The Morgan fingerprint density at radius 2 is 1.67 bits per heavy atom. The Morgan fingerprint density at radius 3 is 2.26 bits per heavy atom. The Labute approximate surface area is 343 Å². The zero-order valence-electron chi connectivity index (χ0n) is 37.6. The molecule has 1 aromatic rings. The highest BCUT2D eigenvalue weighted by Gasteiger charge is 2.68. The van der Waals surface area contributed by atoms with Crippen molar-refractivity contribution in [2.45, 2.75) is 168 Å². The van der Waals surface area contributed by atoms with Crippen molar-refractivity contribution in [2.75, 3.05) is 33.3 Å². The van der Waals surface area contributed by atoms with Gasteiger partial charge in [-0.25, -0.2) is 4.79 Å². The van der Waals surface area contributed by atoms with Gasteiger partial charge in [0.25, 0.3) is 0 Å². The van der Waals surface area contributed by atoms with E-state index in [4.69, 9.17) is 27.9 Å². The van der Waals surface area contributed by atoms with Crippen molar-refractivity contribution < 1.29 is 42.3 Å². The van der Waals surface area contributed by atoms with Gasteiger partial charge in [0.05, 0.1) is 43.9 Å². The van der Waals surface area contributed by atoms with E-state index in [2.05, 4.69) is 70.2 Å². The number of esters is 2. The molecule has 1 aromatic carbocycles. The van der Waals surface area contributed by atoms with Gasteiger partial charge in [0.1, 0.15) is 22.5 Å². The standard InChI is InChI=1S/C43H72BN3O9Si/c1-39(2,3)52-36(49)24-45-30-19-20-47(25-31(30)55-57(14,15)41(7,8)9)26-35(48)46-34(44-54-33-23-28-22-32(42(28,10)11)43(33,12)56-44)21-27-17-16-18-29(37(27)51-13)38(50)53-40(4,5)6/h16-18,28,30-34,45H,19-26H2,1-15H3,(H,46,48). The van der Waals surface area contributed by atoms with E-state index in [1.807, 2.05) is 53.7 Å². The monoisotopic (exact) mass is 814 g/mol. The second kappa shape index (κ2) is 16.5.